The quantitative estimate of drug-likeness (QED) is 0.0951. The number of aliphatic carboxylic acids is 1. The summed E-state index contributed by atoms with van der Waals surface area (Å²) in [5.74, 6) is -2.53. The number of aromatic nitrogens is 2. The van der Waals surface area contributed by atoms with Crippen LogP contribution in [0.4, 0.5) is 4.79 Å². The maximum absolute atomic E-state index is 14.0. The highest BCUT2D eigenvalue weighted by atomic mass is 16.5. The normalized spacial score (nSPS) is 12.9. The molecule has 0 saturated carbocycles. The molecule has 3 amide bonds. The van der Waals surface area contributed by atoms with Crippen molar-refractivity contribution in [1.29, 1.82) is 0 Å². The highest BCUT2D eigenvalue weighted by molar-refractivity contribution is 5.94. The van der Waals surface area contributed by atoms with E-state index in [-0.39, 0.29) is 25.9 Å². The van der Waals surface area contributed by atoms with E-state index in [0.717, 1.165) is 44.1 Å². The average Bonchev–Trinajstić information content (AvgIpc) is 3.74. The molecule has 50 heavy (non-hydrogen) atoms. The van der Waals surface area contributed by atoms with Gasteiger partial charge in [-0.2, -0.15) is 0 Å². The van der Waals surface area contributed by atoms with Crippen LogP contribution in [0.1, 0.15) is 22.3 Å². The van der Waals surface area contributed by atoms with Crippen molar-refractivity contribution in [2.75, 3.05) is 0 Å². The fourth-order valence-electron chi connectivity index (χ4n) is 5.96. The van der Waals surface area contributed by atoms with E-state index < -0.39 is 42.0 Å². The molecule has 0 unspecified atom stereocenters. The average molecular weight is 672 g/mol. The SMILES string of the molecule is O=C(N[C@@H](Cc1ccccc1)C(=O)N[C@H](Cc1c[nH]c2ccccc12)C(=O)N[C@H](Cc1c[nH]c2ccccc12)C(=O)O)OCc1ccccc1. The molecular weight excluding hydrogens is 634 g/mol. The monoisotopic (exact) mass is 671 g/mol. The fraction of sp³-hybridized carbons (Fsp3) is 0.179. The molecule has 2 heterocycles. The number of hydrogen-bond donors (Lipinski definition) is 6. The van der Waals surface area contributed by atoms with E-state index in [1.807, 2.05) is 109 Å². The molecule has 0 bridgehead atoms. The Hall–Kier alpha value is -6.36. The standard InChI is InChI=1S/C39H37N5O6/c45-36(33(19-25-11-3-1-4-12-25)44-39(49)50-24-26-13-5-2-6-14-26)42-34(20-27-22-40-31-17-9-7-15-29(27)31)37(46)43-35(38(47)48)21-28-23-41-32-18-10-8-16-30(28)32/h1-18,22-23,33-35,40-41H,19-21,24H2,(H,42,45)(H,43,46)(H,44,49)(H,47,48)/t33-,34+,35+/m0/s1. The van der Waals surface area contributed by atoms with Gasteiger partial charge in [0.2, 0.25) is 11.8 Å². The number of nitrogens with one attached hydrogen (secondary N) is 5. The lowest BCUT2D eigenvalue weighted by molar-refractivity contribution is -0.142. The third-order valence-corrected chi connectivity index (χ3v) is 8.55. The number of fused-ring (bicyclic) bond motifs is 2. The number of benzene rings is 4. The third-order valence-electron chi connectivity index (χ3n) is 8.55. The molecule has 0 aliphatic rings. The molecule has 0 aliphatic carbocycles. The number of carbonyl (C=O) groups is 4. The number of H-pyrrole nitrogens is 2. The first-order chi connectivity index (χ1) is 24.3. The molecule has 0 radical (unpaired) electrons. The van der Waals surface area contributed by atoms with Crippen LogP contribution in [0.15, 0.2) is 122 Å². The van der Waals surface area contributed by atoms with Crippen molar-refractivity contribution < 1.29 is 29.0 Å². The Morgan fingerprint density at radius 2 is 1.02 bits per heavy atom. The third kappa shape index (κ3) is 8.37. The molecule has 6 N–H and O–H groups in total. The zero-order valence-corrected chi connectivity index (χ0v) is 27.1. The fourth-order valence-corrected chi connectivity index (χ4v) is 5.96. The number of amides is 3. The number of carboxylic acid groups (broad SMARTS) is 1. The lowest BCUT2D eigenvalue weighted by Crippen LogP contribution is -2.57. The summed E-state index contributed by atoms with van der Waals surface area (Å²) in [6.45, 7) is 0.00491. The van der Waals surface area contributed by atoms with Gasteiger partial charge in [0.25, 0.3) is 0 Å². The lowest BCUT2D eigenvalue weighted by Gasteiger charge is -2.24. The second-order valence-electron chi connectivity index (χ2n) is 12.0. The topological polar surface area (TPSA) is 165 Å². The van der Waals surface area contributed by atoms with E-state index in [2.05, 4.69) is 25.9 Å². The summed E-state index contributed by atoms with van der Waals surface area (Å²) in [7, 11) is 0. The van der Waals surface area contributed by atoms with Crippen molar-refractivity contribution >= 4 is 45.7 Å². The van der Waals surface area contributed by atoms with Gasteiger partial charge in [-0.1, -0.05) is 97.1 Å². The zero-order valence-electron chi connectivity index (χ0n) is 27.1. The summed E-state index contributed by atoms with van der Waals surface area (Å²) in [4.78, 5) is 59.7. The highest BCUT2D eigenvalue weighted by Gasteiger charge is 2.31. The predicted molar refractivity (Wildman–Crippen MR) is 189 cm³/mol. The van der Waals surface area contributed by atoms with Gasteiger partial charge in [0, 0.05) is 53.5 Å². The van der Waals surface area contributed by atoms with E-state index in [1.54, 1.807) is 12.4 Å². The van der Waals surface area contributed by atoms with Crippen LogP contribution in [-0.4, -0.2) is 57.1 Å². The van der Waals surface area contributed by atoms with Gasteiger partial charge in [-0.25, -0.2) is 9.59 Å². The number of para-hydroxylation sites is 2. The van der Waals surface area contributed by atoms with E-state index in [0.29, 0.717) is 0 Å². The van der Waals surface area contributed by atoms with Crippen molar-refractivity contribution in [3.8, 4) is 0 Å². The van der Waals surface area contributed by atoms with E-state index in [4.69, 9.17) is 4.74 Å². The molecule has 6 rings (SSSR count). The summed E-state index contributed by atoms with van der Waals surface area (Å²) in [5, 5.41) is 20.0. The molecule has 4 aromatic carbocycles. The summed E-state index contributed by atoms with van der Waals surface area (Å²) in [5.41, 5.74) is 4.73. The molecule has 0 aliphatic heterocycles. The van der Waals surface area contributed by atoms with Crippen molar-refractivity contribution in [2.24, 2.45) is 0 Å². The molecule has 254 valence electrons. The number of alkyl carbamates (subject to hydrolysis) is 1. The predicted octanol–water partition coefficient (Wildman–Crippen LogP) is 5.03. The Labute approximate surface area is 288 Å². The summed E-state index contributed by atoms with van der Waals surface area (Å²) < 4.78 is 5.41. The first-order valence-corrected chi connectivity index (χ1v) is 16.3. The maximum Gasteiger partial charge on any atom is 0.408 e. The highest BCUT2D eigenvalue weighted by Crippen LogP contribution is 2.21. The molecule has 0 fully saturated rings. The minimum Gasteiger partial charge on any atom is -0.480 e. The van der Waals surface area contributed by atoms with Gasteiger partial charge >= 0.3 is 12.1 Å². The van der Waals surface area contributed by atoms with Gasteiger partial charge in [0.1, 0.15) is 24.7 Å². The number of carbonyl (C=O) groups excluding carboxylic acids is 3. The summed E-state index contributed by atoms with van der Waals surface area (Å²) in [6.07, 6.45) is 2.88. The second kappa shape index (κ2) is 15.7. The minimum absolute atomic E-state index is 0.00491. The van der Waals surface area contributed by atoms with Crippen LogP contribution in [0.2, 0.25) is 0 Å². The van der Waals surface area contributed by atoms with Crippen molar-refractivity contribution in [3.05, 3.63) is 144 Å². The largest absolute Gasteiger partial charge is 0.480 e. The number of ether oxygens (including phenoxy) is 1. The number of aromatic amines is 2. The van der Waals surface area contributed by atoms with Crippen molar-refractivity contribution in [3.63, 3.8) is 0 Å². The molecule has 3 atom stereocenters. The van der Waals surface area contributed by atoms with Gasteiger partial charge in [0.05, 0.1) is 0 Å². The molecule has 0 saturated heterocycles. The Kier molecular flexibility index (Phi) is 10.5. The first-order valence-electron chi connectivity index (χ1n) is 16.3. The first kappa shape index (κ1) is 33.5. The van der Waals surface area contributed by atoms with Crippen LogP contribution in [0.25, 0.3) is 21.8 Å². The molecular formula is C39H37N5O6. The second-order valence-corrected chi connectivity index (χ2v) is 12.0. The molecule has 2 aromatic heterocycles. The van der Waals surface area contributed by atoms with Crippen LogP contribution in [0, 0.1) is 0 Å². The van der Waals surface area contributed by atoms with E-state index in [9.17, 15) is 24.3 Å². The molecule has 6 aromatic rings. The molecule has 11 nitrogen and oxygen atoms in total. The minimum atomic E-state index is -1.28. The van der Waals surface area contributed by atoms with Gasteiger partial charge < -0.3 is 35.8 Å². The Bertz CT molecular complexity index is 2090. The smallest absolute Gasteiger partial charge is 0.408 e. The maximum atomic E-state index is 14.0. The Morgan fingerprint density at radius 3 is 1.58 bits per heavy atom. The van der Waals surface area contributed by atoms with Gasteiger partial charge in [-0.05, 0) is 34.4 Å². The number of carboxylic acids is 1. The van der Waals surface area contributed by atoms with Crippen LogP contribution >= 0.6 is 0 Å². The van der Waals surface area contributed by atoms with Gasteiger partial charge in [0.15, 0.2) is 0 Å². The van der Waals surface area contributed by atoms with E-state index >= 15 is 0 Å². The zero-order chi connectivity index (χ0) is 34.9. The van der Waals surface area contributed by atoms with Crippen LogP contribution in [0.3, 0.4) is 0 Å². The van der Waals surface area contributed by atoms with Crippen LogP contribution in [-0.2, 0) is 45.0 Å². The van der Waals surface area contributed by atoms with Crippen molar-refractivity contribution in [2.45, 2.75) is 44.0 Å². The summed E-state index contributed by atoms with van der Waals surface area (Å²) >= 11 is 0. The summed E-state index contributed by atoms with van der Waals surface area (Å²) in [6, 6.07) is 29.8. The van der Waals surface area contributed by atoms with Crippen molar-refractivity contribution in [1.82, 2.24) is 25.9 Å². The number of rotatable bonds is 14. The molecule has 11 heteroatoms. The van der Waals surface area contributed by atoms with Gasteiger partial charge in [-0.15, -0.1) is 0 Å². The van der Waals surface area contributed by atoms with Gasteiger partial charge in [-0.3, -0.25) is 9.59 Å². The Morgan fingerprint density at radius 1 is 0.560 bits per heavy atom. The lowest BCUT2D eigenvalue weighted by atomic mass is 10.0. The van der Waals surface area contributed by atoms with E-state index in [1.165, 1.54) is 0 Å². The van der Waals surface area contributed by atoms with Crippen LogP contribution < -0.4 is 16.0 Å². The molecule has 0 spiro atoms. The Balaban J connectivity index is 1.23. The number of hydrogen-bond acceptors (Lipinski definition) is 5. The van der Waals surface area contributed by atoms with Crippen LogP contribution in [0.5, 0.6) is 0 Å².